The van der Waals surface area contributed by atoms with Gasteiger partial charge in [-0.3, -0.25) is 14.9 Å². The number of furan rings is 1. The molecule has 3 heterocycles. The number of benzene rings is 1. The van der Waals surface area contributed by atoms with E-state index in [0.29, 0.717) is 13.1 Å². The van der Waals surface area contributed by atoms with Crippen LogP contribution in [-0.2, 0) is 0 Å². The minimum atomic E-state index is -0.488. The number of hydrogen-bond acceptors (Lipinski definition) is 6. The van der Waals surface area contributed by atoms with Crippen molar-refractivity contribution >= 4 is 23.5 Å². The number of aromatic nitrogens is 1. The van der Waals surface area contributed by atoms with Crippen molar-refractivity contribution in [2.75, 3.05) is 36.4 Å². The van der Waals surface area contributed by atoms with Gasteiger partial charge in [-0.25, -0.2) is 0 Å². The Labute approximate surface area is 161 Å². The van der Waals surface area contributed by atoms with Gasteiger partial charge in [0.25, 0.3) is 11.8 Å². The van der Waals surface area contributed by atoms with E-state index in [0.717, 1.165) is 18.8 Å². The third-order valence-electron chi connectivity index (χ3n) is 4.62. The summed E-state index contributed by atoms with van der Waals surface area (Å²) in [6, 6.07) is 11.4. The lowest BCUT2D eigenvalue weighted by Gasteiger charge is -2.35. The summed E-state index contributed by atoms with van der Waals surface area (Å²) in [6.07, 6.45) is 2.66. The van der Waals surface area contributed by atoms with Crippen LogP contribution in [0.2, 0.25) is 0 Å². The van der Waals surface area contributed by atoms with Crippen LogP contribution in [0.4, 0.5) is 11.7 Å². The van der Waals surface area contributed by atoms with E-state index < -0.39 is 5.91 Å². The second kappa shape index (κ2) is 7.59. The molecule has 2 aromatic heterocycles. The van der Waals surface area contributed by atoms with Crippen LogP contribution in [0, 0.1) is 6.92 Å². The Kier molecular flexibility index (Phi) is 4.84. The Bertz CT molecular complexity index is 972. The first-order valence-corrected chi connectivity index (χ1v) is 9.01. The predicted molar refractivity (Wildman–Crippen MR) is 102 cm³/mol. The summed E-state index contributed by atoms with van der Waals surface area (Å²) in [5, 5.41) is 2.47. The molecule has 8 heteroatoms. The van der Waals surface area contributed by atoms with Gasteiger partial charge in [0.1, 0.15) is 6.26 Å². The third-order valence-corrected chi connectivity index (χ3v) is 4.62. The van der Waals surface area contributed by atoms with E-state index in [-0.39, 0.29) is 23.4 Å². The van der Waals surface area contributed by atoms with Gasteiger partial charge in [-0.1, -0.05) is 12.1 Å². The van der Waals surface area contributed by atoms with Gasteiger partial charge in [0.2, 0.25) is 0 Å². The Morgan fingerprint density at radius 3 is 2.61 bits per heavy atom. The molecule has 0 radical (unpaired) electrons. The van der Waals surface area contributed by atoms with Crippen molar-refractivity contribution in [3.8, 4) is 0 Å². The second-order valence-electron chi connectivity index (χ2n) is 6.59. The number of amides is 2. The number of anilines is 2. The molecule has 1 aromatic carbocycles. The average molecular weight is 380 g/mol. The maximum atomic E-state index is 12.7. The molecule has 2 amide bonds. The maximum Gasteiger partial charge on any atom is 0.302 e. The van der Waals surface area contributed by atoms with Crippen LogP contribution in [0.1, 0.15) is 26.6 Å². The zero-order chi connectivity index (χ0) is 19.5. The van der Waals surface area contributed by atoms with Gasteiger partial charge >= 0.3 is 6.01 Å². The molecule has 0 aliphatic carbocycles. The number of oxazole rings is 1. The number of carbonyl (C=O) groups excluding carboxylic acids is 2. The molecule has 1 saturated heterocycles. The number of nitrogens with one attached hydrogen (secondary N) is 1. The SMILES string of the molecule is Cc1cccc(N2CCN(C(=O)c3coc(NC(=O)c4ccco4)n3)CC2)c1. The van der Waals surface area contributed by atoms with Crippen molar-refractivity contribution in [1.29, 1.82) is 0 Å². The largest absolute Gasteiger partial charge is 0.459 e. The molecule has 0 atom stereocenters. The Morgan fingerprint density at radius 1 is 1.07 bits per heavy atom. The van der Waals surface area contributed by atoms with Gasteiger partial charge in [0.15, 0.2) is 11.5 Å². The van der Waals surface area contributed by atoms with E-state index in [1.165, 1.54) is 24.2 Å². The molecule has 0 bridgehead atoms. The van der Waals surface area contributed by atoms with Crippen LogP contribution in [0.5, 0.6) is 0 Å². The van der Waals surface area contributed by atoms with Crippen molar-refractivity contribution in [3.05, 3.63) is 65.9 Å². The van der Waals surface area contributed by atoms with Gasteiger partial charge in [-0.2, -0.15) is 4.98 Å². The van der Waals surface area contributed by atoms with Crippen molar-refractivity contribution in [3.63, 3.8) is 0 Å². The Hall–Kier alpha value is -3.55. The van der Waals surface area contributed by atoms with Gasteiger partial charge in [-0.15, -0.1) is 0 Å². The zero-order valence-electron chi connectivity index (χ0n) is 15.4. The average Bonchev–Trinajstić information content (AvgIpc) is 3.40. The fourth-order valence-corrected chi connectivity index (χ4v) is 3.15. The van der Waals surface area contributed by atoms with Crippen molar-refractivity contribution < 1.29 is 18.4 Å². The minimum absolute atomic E-state index is 0.0388. The molecule has 1 aliphatic heterocycles. The minimum Gasteiger partial charge on any atom is -0.459 e. The van der Waals surface area contributed by atoms with E-state index >= 15 is 0 Å². The molecular weight excluding hydrogens is 360 g/mol. The van der Waals surface area contributed by atoms with Gasteiger partial charge in [-0.05, 0) is 36.8 Å². The first-order chi connectivity index (χ1) is 13.6. The molecular formula is C20H20N4O4. The zero-order valence-corrected chi connectivity index (χ0v) is 15.4. The first kappa shape index (κ1) is 17.8. The summed E-state index contributed by atoms with van der Waals surface area (Å²) < 4.78 is 10.2. The number of hydrogen-bond donors (Lipinski definition) is 1. The van der Waals surface area contributed by atoms with Crippen LogP contribution >= 0.6 is 0 Å². The van der Waals surface area contributed by atoms with Gasteiger partial charge in [0.05, 0.1) is 6.26 Å². The quantitative estimate of drug-likeness (QED) is 0.748. The summed E-state index contributed by atoms with van der Waals surface area (Å²) in [7, 11) is 0. The molecule has 144 valence electrons. The van der Waals surface area contributed by atoms with E-state index in [9.17, 15) is 9.59 Å². The van der Waals surface area contributed by atoms with E-state index in [4.69, 9.17) is 8.83 Å². The van der Waals surface area contributed by atoms with E-state index in [2.05, 4.69) is 40.3 Å². The summed E-state index contributed by atoms with van der Waals surface area (Å²) in [5.74, 6) is -0.567. The van der Waals surface area contributed by atoms with Crippen LogP contribution in [0.3, 0.4) is 0 Å². The summed E-state index contributed by atoms with van der Waals surface area (Å²) in [6.45, 7) is 4.74. The fraction of sp³-hybridized carbons (Fsp3) is 0.250. The highest BCUT2D eigenvalue weighted by molar-refractivity contribution is 6.01. The number of rotatable bonds is 4. The highest BCUT2D eigenvalue weighted by atomic mass is 16.4. The van der Waals surface area contributed by atoms with Crippen molar-refractivity contribution in [1.82, 2.24) is 9.88 Å². The molecule has 0 saturated carbocycles. The highest BCUT2D eigenvalue weighted by Crippen LogP contribution is 2.19. The Balaban J connectivity index is 1.35. The molecule has 0 unspecified atom stereocenters. The molecule has 4 rings (SSSR count). The van der Waals surface area contributed by atoms with Crippen LogP contribution in [0.25, 0.3) is 0 Å². The summed E-state index contributed by atoms with van der Waals surface area (Å²) >= 11 is 0. The lowest BCUT2D eigenvalue weighted by Crippen LogP contribution is -2.48. The summed E-state index contributed by atoms with van der Waals surface area (Å²) in [5.41, 5.74) is 2.54. The van der Waals surface area contributed by atoms with Crippen molar-refractivity contribution in [2.24, 2.45) is 0 Å². The standard InChI is InChI=1S/C20H20N4O4/c1-14-4-2-5-15(12-14)23-7-9-24(10-8-23)19(26)16-13-28-20(21-16)22-18(25)17-6-3-11-27-17/h2-6,11-13H,7-10H2,1H3,(H,21,22,25). The smallest absolute Gasteiger partial charge is 0.302 e. The number of nitrogens with zero attached hydrogens (tertiary/aromatic N) is 3. The topological polar surface area (TPSA) is 91.8 Å². The van der Waals surface area contributed by atoms with E-state index in [1.807, 2.05) is 6.07 Å². The predicted octanol–water partition coefficient (Wildman–Crippen LogP) is 2.79. The van der Waals surface area contributed by atoms with Crippen LogP contribution < -0.4 is 10.2 Å². The first-order valence-electron chi connectivity index (χ1n) is 9.01. The normalized spacial score (nSPS) is 14.2. The van der Waals surface area contributed by atoms with E-state index in [1.54, 1.807) is 11.0 Å². The second-order valence-corrected chi connectivity index (χ2v) is 6.59. The fourth-order valence-electron chi connectivity index (χ4n) is 3.15. The Morgan fingerprint density at radius 2 is 1.89 bits per heavy atom. The molecule has 1 aliphatic rings. The lowest BCUT2D eigenvalue weighted by molar-refractivity contribution is 0.0740. The molecule has 1 fully saturated rings. The number of carbonyl (C=O) groups is 2. The highest BCUT2D eigenvalue weighted by Gasteiger charge is 2.25. The molecule has 28 heavy (non-hydrogen) atoms. The molecule has 0 spiro atoms. The molecule has 8 nitrogen and oxygen atoms in total. The monoisotopic (exact) mass is 380 g/mol. The summed E-state index contributed by atoms with van der Waals surface area (Å²) in [4.78, 5) is 32.7. The van der Waals surface area contributed by atoms with Gasteiger partial charge in [0, 0.05) is 31.9 Å². The molecule has 3 aromatic rings. The van der Waals surface area contributed by atoms with Gasteiger partial charge < -0.3 is 18.6 Å². The van der Waals surface area contributed by atoms with Crippen LogP contribution in [-0.4, -0.2) is 47.9 Å². The third kappa shape index (κ3) is 3.75. The maximum absolute atomic E-state index is 12.7. The van der Waals surface area contributed by atoms with Crippen LogP contribution in [0.15, 0.2) is 57.8 Å². The van der Waals surface area contributed by atoms with Crippen molar-refractivity contribution in [2.45, 2.75) is 6.92 Å². The lowest BCUT2D eigenvalue weighted by atomic mass is 10.2. The molecule has 1 N–H and O–H groups in total. The number of piperazine rings is 1. The number of aryl methyl sites for hydroxylation is 1.